The molecule has 0 saturated carbocycles. The van der Waals surface area contributed by atoms with Crippen molar-refractivity contribution < 1.29 is 0 Å². The van der Waals surface area contributed by atoms with Crippen molar-refractivity contribution in [3.05, 3.63) is 40.4 Å². The van der Waals surface area contributed by atoms with Gasteiger partial charge in [0.2, 0.25) is 5.95 Å². The summed E-state index contributed by atoms with van der Waals surface area (Å²) in [6.45, 7) is 9.02. The minimum absolute atomic E-state index is 0.0220. The number of rotatable bonds is 4. The van der Waals surface area contributed by atoms with Crippen molar-refractivity contribution in [2.24, 2.45) is 0 Å². The fourth-order valence-corrected chi connectivity index (χ4v) is 2.64. The first kappa shape index (κ1) is 16.9. The molecule has 3 heterocycles. The number of nitrogen functional groups attached to an aromatic ring is 1. The molecule has 3 aromatic rings. The second-order valence-electron chi connectivity index (χ2n) is 6.88. The van der Waals surface area contributed by atoms with E-state index in [0.717, 1.165) is 0 Å². The number of nitrogens with one attached hydrogen (secondary N) is 1. The molecule has 0 saturated heterocycles. The van der Waals surface area contributed by atoms with Crippen molar-refractivity contribution in [1.29, 1.82) is 0 Å². The molecule has 0 aliphatic carbocycles. The average molecular weight is 341 g/mol. The standard InChI is InChI=1S/C17H23N7O/c1-5-23-8-6-7-11(15(23)25)9-19-16-21-13(18)12-10-20-24(14(12)22-16)17(2,3)4/h6-8,10H,5,9H2,1-4H3,(H3,18,19,21,22). The highest BCUT2D eigenvalue weighted by Gasteiger charge is 2.20. The van der Waals surface area contributed by atoms with Gasteiger partial charge in [0.25, 0.3) is 5.56 Å². The number of aryl methyl sites for hydroxylation is 1. The zero-order chi connectivity index (χ0) is 18.2. The maximum Gasteiger partial charge on any atom is 0.255 e. The first-order valence-electron chi connectivity index (χ1n) is 8.25. The molecule has 0 unspecified atom stereocenters. The Bertz CT molecular complexity index is 965. The molecule has 3 rings (SSSR count). The molecule has 3 aromatic heterocycles. The highest BCUT2D eigenvalue weighted by atomic mass is 16.1. The van der Waals surface area contributed by atoms with Gasteiger partial charge in [-0.1, -0.05) is 6.07 Å². The molecule has 8 nitrogen and oxygen atoms in total. The molecule has 0 aliphatic heterocycles. The normalized spacial score (nSPS) is 11.8. The Hall–Kier alpha value is -2.90. The Labute approximate surface area is 145 Å². The first-order valence-corrected chi connectivity index (χ1v) is 8.25. The third-order valence-electron chi connectivity index (χ3n) is 3.97. The van der Waals surface area contributed by atoms with E-state index in [-0.39, 0.29) is 11.1 Å². The summed E-state index contributed by atoms with van der Waals surface area (Å²) in [5, 5.41) is 8.19. The van der Waals surface area contributed by atoms with Gasteiger partial charge in [0, 0.05) is 24.8 Å². The van der Waals surface area contributed by atoms with Gasteiger partial charge in [-0.05, 0) is 33.8 Å². The molecular formula is C17H23N7O. The summed E-state index contributed by atoms with van der Waals surface area (Å²) >= 11 is 0. The van der Waals surface area contributed by atoms with Crippen molar-refractivity contribution in [2.75, 3.05) is 11.1 Å². The molecule has 0 aromatic carbocycles. The molecule has 25 heavy (non-hydrogen) atoms. The van der Waals surface area contributed by atoms with E-state index in [1.165, 1.54) is 0 Å². The quantitative estimate of drug-likeness (QED) is 0.752. The van der Waals surface area contributed by atoms with Crippen molar-refractivity contribution >= 4 is 22.8 Å². The van der Waals surface area contributed by atoms with Crippen LogP contribution in [0.5, 0.6) is 0 Å². The monoisotopic (exact) mass is 341 g/mol. The summed E-state index contributed by atoms with van der Waals surface area (Å²) in [7, 11) is 0. The number of aromatic nitrogens is 5. The second kappa shape index (κ2) is 6.19. The predicted molar refractivity (Wildman–Crippen MR) is 98.4 cm³/mol. The lowest BCUT2D eigenvalue weighted by Crippen LogP contribution is -2.24. The van der Waals surface area contributed by atoms with Gasteiger partial charge in [-0.15, -0.1) is 0 Å². The number of hydrogen-bond acceptors (Lipinski definition) is 6. The highest BCUT2D eigenvalue weighted by molar-refractivity contribution is 5.86. The number of fused-ring (bicyclic) bond motifs is 1. The van der Waals surface area contributed by atoms with Crippen LogP contribution < -0.4 is 16.6 Å². The Balaban J connectivity index is 1.93. The van der Waals surface area contributed by atoms with E-state index in [0.29, 0.717) is 41.5 Å². The molecular weight excluding hydrogens is 318 g/mol. The largest absolute Gasteiger partial charge is 0.383 e. The van der Waals surface area contributed by atoms with Gasteiger partial charge in [-0.3, -0.25) is 4.79 Å². The summed E-state index contributed by atoms with van der Waals surface area (Å²) in [4.78, 5) is 21.1. The fourth-order valence-electron chi connectivity index (χ4n) is 2.64. The topological polar surface area (TPSA) is 104 Å². The van der Waals surface area contributed by atoms with Crippen LogP contribution in [0.15, 0.2) is 29.3 Å². The van der Waals surface area contributed by atoms with Crippen molar-refractivity contribution in [3.8, 4) is 0 Å². The molecule has 0 fully saturated rings. The molecule has 0 radical (unpaired) electrons. The molecule has 0 amide bonds. The van der Waals surface area contributed by atoms with Gasteiger partial charge in [-0.2, -0.15) is 15.1 Å². The third-order valence-corrected chi connectivity index (χ3v) is 3.97. The van der Waals surface area contributed by atoms with E-state index < -0.39 is 0 Å². The summed E-state index contributed by atoms with van der Waals surface area (Å²) in [5.74, 6) is 0.740. The zero-order valence-corrected chi connectivity index (χ0v) is 14.9. The van der Waals surface area contributed by atoms with Crippen LogP contribution in [0.3, 0.4) is 0 Å². The third kappa shape index (κ3) is 3.19. The molecule has 0 atom stereocenters. The van der Waals surface area contributed by atoms with Crippen LogP contribution >= 0.6 is 0 Å². The first-order chi connectivity index (χ1) is 11.8. The van der Waals surface area contributed by atoms with E-state index in [4.69, 9.17) is 5.73 Å². The van der Waals surface area contributed by atoms with Gasteiger partial charge < -0.3 is 15.6 Å². The maximum absolute atomic E-state index is 12.3. The lowest BCUT2D eigenvalue weighted by Gasteiger charge is -2.20. The number of hydrogen-bond donors (Lipinski definition) is 2. The smallest absolute Gasteiger partial charge is 0.255 e. The van der Waals surface area contributed by atoms with Gasteiger partial charge in [0.15, 0.2) is 5.65 Å². The van der Waals surface area contributed by atoms with E-state index in [2.05, 4.69) is 20.4 Å². The van der Waals surface area contributed by atoms with Crippen LogP contribution in [-0.4, -0.2) is 24.3 Å². The van der Waals surface area contributed by atoms with Crippen molar-refractivity contribution in [2.45, 2.75) is 46.3 Å². The van der Waals surface area contributed by atoms with Crippen LogP contribution in [0.2, 0.25) is 0 Å². The van der Waals surface area contributed by atoms with Gasteiger partial charge >= 0.3 is 0 Å². The number of pyridine rings is 1. The maximum atomic E-state index is 12.3. The van der Waals surface area contributed by atoms with Gasteiger partial charge in [0.05, 0.1) is 17.1 Å². The van der Waals surface area contributed by atoms with Crippen LogP contribution in [0.25, 0.3) is 11.0 Å². The van der Waals surface area contributed by atoms with Gasteiger partial charge in [0.1, 0.15) is 5.82 Å². The molecule has 3 N–H and O–H groups in total. The van der Waals surface area contributed by atoms with Gasteiger partial charge in [-0.25, -0.2) is 4.68 Å². The van der Waals surface area contributed by atoms with E-state index in [1.807, 2.05) is 38.4 Å². The summed E-state index contributed by atoms with van der Waals surface area (Å²) < 4.78 is 3.47. The molecule has 8 heteroatoms. The predicted octanol–water partition coefficient (Wildman–Crippen LogP) is 1.96. The number of nitrogens with zero attached hydrogens (tertiary/aromatic N) is 5. The average Bonchev–Trinajstić information content (AvgIpc) is 2.98. The highest BCUT2D eigenvalue weighted by Crippen LogP contribution is 2.24. The van der Waals surface area contributed by atoms with E-state index in [9.17, 15) is 4.79 Å². The Morgan fingerprint density at radius 3 is 2.72 bits per heavy atom. The fraction of sp³-hybridized carbons (Fsp3) is 0.412. The molecule has 0 aliphatic rings. The SMILES string of the molecule is CCn1cccc(CNc2nc(N)c3cnn(C(C)(C)C)c3n2)c1=O. The summed E-state index contributed by atoms with van der Waals surface area (Å²) in [5.41, 5.74) is 7.11. The summed E-state index contributed by atoms with van der Waals surface area (Å²) in [6.07, 6.45) is 3.45. The van der Waals surface area contributed by atoms with Crippen LogP contribution in [-0.2, 0) is 18.6 Å². The lowest BCUT2D eigenvalue weighted by molar-refractivity contribution is 0.366. The minimum atomic E-state index is -0.228. The van der Waals surface area contributed by atoms with Crippen molar-refractivity contribution in [1.82, 2.24) is 24.3 Å². The van der Waals surface area contributed by atoms with E-state index >= 15 is 0 Å². The van der Waals surface area contributed by atoms with Crippen molar-refractivity contribution in [3.63, 3.8) is 0 Å². The minimum Gasteiger partial charge on any atom is -0.383 e. The number of anilines is 2. The number of nitrogens with two attached hydrogens (primary N) is 1. The molecule has 0 spiro atoms. The molecule has 0 bridgehead atoms. The van der Waals surface area contributed by atoms with Crippen LogP contribution in [0.4, 0.5) is 11.8 Å². The Morgan fingerprint density at radius 1 is 1.28 bits per heavy atom. The molecule has 132 valence electrons. The lowest BCUT2D eigenvalue weighted by atomic mass is 10.1. The van der Waals surface area contributed by atoms with Crippen LogP contribution in [0, 0.1) is 0 Å². The summed E-state index contributed by atoms with van der Waals surface area (Å²) in [6, 6.07) is 3.65. The van der Waals surface area contributed by atoms with E-state index in [1.54, 1.807) is 23.0 Å². The zero-order valence-electron chi connectivity index (χ0n) is 14.9. The Morgan fingerprint density at radius 2 is 2.04 bits per heavy atom. The Kier molecular flexibility index (Phi) is 4.20. The second-order valence-corrected chi connectivity index (χ2v) is 6.88. The van der Waals surface area contributed by atoms with Crippen LogP contribution in [0.1, 0.15) is 33.3 Å².